The van der Waals surface area contributed by atoms with Crippen LogP contribution in [0.5, 0.6) is 0 Å². The van der Waals surface area contributed by atoms with Crippen molar-refractivity contribution in [1.29, 1.82) is 0 Å². The highest BCUT2D eigenvalue weighted by Crippen LogP contribution is 2.67. The third kappa shape index (κ3) is 2.30. The highest BCUT2D eigenvalue weighted by molar-refractivity contribution is 9.09. The monoisotopic (exact) mass is 356 g/mol. The maximum atomic E-state index is 6.85. The van der Waals surface area contributed by atoms with E-state index in [1.165, 1.54) is 0 Å². The molecule has 2 aliphatic rings. The normalized spacial score (nSPS) is 39.4. The van der Waals surface area contributed by atoms with Gasteiger partial charge in [0.25, 0.3) is 0 Å². The fourth-order valence-corrected chi connectivity index (χ4v) is 5.46. The van der Waals surface area contributed by atoms with Crippen LogP contribution in [0.2, 0.25) is 18.1 Å². The van der Waals surface area contributed by atoms with Crippen molar-refractivity contribution in [2.24, 2.45) is 10.8 Å². The number of halogens is 1. The van der Waals surface area contributed by atoms with E-state index in [9.17, 15) is 0 Å². The molecule has 0 aromatic rings. The largest absolute Gasteiger partial charge is 0.406 e. The smallest absolute Gasteiger partial charge is 0.193 e. The van der Waals surface area contributed by atoms with Crippen LogP contribution in [0.3, 0.4) is 0 Å². The molecular formula is C17H29BrOSi. The van der Waals surface area contributed by atoms with Gasteiger partial charge in [-0.1, -0.05) is 81.8 Å². The van der Waals surface area contributed by atoms with E-state index in [1.807, 2.05) is 0 Å². The third-order valence-electron chi connectivity index (χ3n) is 5.51. The van der Waals surface area contributed by atoms with E-state index in [2.05, 4.69) is 94.9 Å². The number of hydrogen-bond acceptors (Lipinski definition) is 1. The molecule has 0 saturated heterocycles. The molecule has 0 bridgehead atoms. The maximum Gasteiger partial charge on any atom is 0.193 e. The van der Waals surface area contributed by atoms with Crippen molar-refractivity contribution in [3.63, 3.8) is 0 Å². The summed E-state index contributed by atoms with van der Waals surface area (Å²) in [5.41, 5.74) is 0.0278. The van der Waals surface area contributed by atoms with E-state index in [-0.39, 0.29) is 21.5 Å². The van der Waals surface area contributed by atoms with Crippen LogP contribution >= 0.6 is 15.9 Å². The molecule has 0 radical (unpaired) electrons. The Labute approximate surface area is 134 Å². The van der Waals surface area contributed by atoms with Crippen LogP contribution in [0.4, 0.5) is 0 Å². The summed E-state index contributed by atoms with van der Waals surface area (Å²) in [6, 6.07) is 0. The van der Waals surface area contributed by atoms with Gasteiger partial charge in [0.05, 0.1) is 10.4 Å². The number of rotatable bonds is 2. The summed E-state index contributed by atoms with van der Waals surface area (Å²) in [5, 5.41) is 0.233. The number of allylic oxidation sites excluding steroid dienone is 2. The van der Waals surface area contributed by atoms with Gasteiger partial charge in [-0.3, -0.25) is 0 Å². The molecule has 0 amide bonds. The molecule has 2 rings (SSSR count). The lowest BCUT2D eigenvalue weighted by Gasteiger charge is -2.40. The zero-order valence-electron chi connectivity index (χ0n) is 14.2. The van der Waals surface area contributed by atoms with Gasteiger partial charge in [-0.15, -0.1) is 0 Å². The molecule has 0 N–H and O–H groups in total. The summed E-state index contributed by atoms with van der Waals surface area (Å²) < 4.78 is 6.85. The van der Waals surface area contributed by atoms with Crippen LogP contribution in [-0.2, 0) is 4.43 Å². The molecule has 3 heteroatoms. The standard InChI is InChI=1S/C17H29BrOSi/c1-14(2,3)20(7,8)19-17-12-10-15(4,5)9-11-16(17,6)13(17)18/h9-13H,1-8H3/t13-,16?,17?/m0/s1. The lowest BCUT2D eigenvalue weighted by atomic mass is 9.92. The average Bonchev–Trinajstić information content (AvgIpc) is 2.74. The zero-order valence-corrected chi connectivity index (χ0v) is 16.8. The van der Waals surface area contributed by atoms with E-state index < -0.39 is 8.32 Å². The summed E-state index contributed by atoms with van der Waals surface area (Å²) in [6.45, 7) is 18.4. The van der Waals surface area contributed by atoms with Crippen molar-refractivity contribution in [3.8, 4) is 0 Å². The fourth-order valence-electron chi connectivity index (χ4n) is 2.61. The zero-order chi connectivity index (χ0) is 15.6. The van der Waals surface area contributed by atoms with E-state index in [1.54, 1.807) is 0 Å². The van der Waals surface area contributed by atoms with Gasteiger partial charge in [0, 0.05) is 10.8 Å². The fraction of sp³-hybridized carbons (Fsp3) is 0.765. The quantitative estimate of drug-likeness (QED) is 0.351. The first-order chi connectivity index (χ1) is 8.78. The molecule has 0 spiro atoms. The van der Waals surface area contributed by atoms with Crippen LogP contribution in [0.15, 0.2) is 24.3 Å². The van der Waals surface area contributed by atoms with Gasteiger partial charge >= 0.3 is 0 Å². The molecule has 0 heterocycles. The Morgan fingerprint density at radius 2 is 1.50 bits per heavy atom. The summed E-state index contributed by atoms with van der Waals surface area (Å²) in [5.74, 6) is 0. The Balaban J connectivity index is 2.38. The minimum atomic E-state index is -1.80. The first-order valence-corrected chi connectivity index (χ1v) is 11.3. The molecule has 114 valence electrons. The molecule has 1 fully saturated rings. The summed E-state index contributed by atoms with van der Waals surface area (Å²) >= 11 is 3.88. The first kappa shape index (κ1) is 16.5. The van der Waals surface area contributed by atoms with Crippen LogP contribution in [-0.4, -0.2) is 18.7 Å². The Morgan fingerprint density at radius 3 is 2.00 bits per heavy atom. The topological polar surface area (TPSA) is 9.23 Å². The molecule has 2 aliphatic carbocycles. The third-order valence-corrected chi connectivity index (χ3v) is 11.6. The van der Waals surface area contributed by atoms with Gasteiger partial charge < -0.3 is 4.43 Å². The van der Waals surface area contributed by atoms with Crippen molar-refractivity contribution >= 4 is 24.2 Å². The van der Waals surface area contributed by atoms with Crippen molar-refractivity contribution in [1.82, 2.24) is 0 Å². The van der Waals surface area contributed by atoms with E-state index >= 15 is 0 Å². The number of alkyl halides is 1. The number of fused-ring (bicyclic) bond motifs is 1. The van der Waals surface area contributed by atoms with Crippen molar-refractivity contribution in [2.45, 2.75) is 70.1 Å². The lowest BCUT2D eigenvalue weighted by molar-refractivity contribution is 0.175. The highest BCUT2D eigenvalue weighted by atomic mass is 79.9. The molecule has 1 saturated carbocycles. The molecule has 2 unspecified atom stereocenters. The summed E-state index contributed by atoms with van der Waals surface area (Å²) in [7, 11) is -1.80. The molecule has 0 aromatic carbocycles. The number of hydrogen-bond donors (Lipinski definition) is 0. The molecule has 3 atom stereocenters. The molecule has 0 aliphatic heterocycles. The minimum absolute atomic E-state index is 0.0762. The Hall–Kier alpha value is 0.137. The van der Waals surface area contributed by atoms with Gasteiger partial charge in [-0.25, -0.2) is 0 Å². The van der Waals surface area contributed by atoms with Gasteiger partial charge in [0.1, 0.15) is 0 Å². The predicted octanol–water partition coefficient (Wildman–Crippen LogP) is 5.68. The van der Waals surface area contributed by atoms with Crippen molar-refractivity contribution in [3.05, 3.63) is 24.3 Å². The van der Waals surface area contributed by atoms with Gasteiger partial charge in [-0.2, -0.15) is 0 Å². The van der Waals surface area contributed by atoms with E-state index in [0.717, 1.165) is 0 Å². The Morgan fingerprint density at radius 1 is 1.00 bits per heavy atom. The SMILES string of the molecule is CC1(C)C=CC2(C)[C@H](Br)C2(O[Si](C)(C)C(C)(C)C)C=C1. The predicted molar refractivity (Wildman–Crippen MR) is 93.9 cm³/mol. The molecule has 0 aromatic heterocycles. The van der Waals surface area contributed by atoms with Crippen LogP contribution in [0.25, 0.3) is 0 Å². The molecule has 1 nitrogen and oxygen atoms in total. The van der Waals surface area contributed by atoms with Crippen LogP contribution < -0.4 is 0 Å². The van der Waals surface area contributed by atoms with Gasteiger partial charge in [0.15, 0.2) is 8.32 Å². The minimum Gasteiger partial charge on any atom is -0.406 e. The Kier molecular flexibility index (Phi) is 3.57. The van der Waals surface area contributed by atoms with Gasteiger partial charge in [-0.05, 0) is 18.1 Å². The maximum absolute atomic E-state index is 6.85. The summed E-state index contributed by atoms with van der Waals surface area (Å²) in [6.07, 6.45) is 9.32. The molecule has 20 heavy (non-hydrogen) atoms. The van der Waals surface area contributed by atoms with Crippen molar-refractivity contribution in [2.75, 3.05) is 0 Å². The average molecular weight is 357 g/mol. The van der Waals surface area contributed by atoms with Gasteiger partial charge in [0.2, 0.25) is 0 Å². The van der Waals surface area contributed by atoms with E-state index in [4.69, 9.17) is 4.43 Å². The second-order valence-electron chi connectivity index (χ2n) is 8.79. The Bertz CT molecular complexity index is 472. The van der Waals surface area contributed by atoms with Crippen LogP contribution in [0, 0.1) is 10.8 Å². The second kappa shape index (κ2) is 4.33. The highest BCUT2D eigenvalue weighted by Gasteiger charge is 2.73. The van der Waals surface area contributed by atoms with Crippen molar-refractivity contribution < 1.29 is 4.43 Å². The van der Waals surface area contributed by atoms with E-state index in [0.29, 0.717) is 4.83 Å². The lowest BCUT2D eigenvalue weighted by Crippen LogP contribution is -2.46. The summed E-state index contributed by atoms with van der Waals surface area (Å²) in [4.78, 5) is 0.375. The first-order valence-electron chi connectivity index (χ1n) is 7.53. The second-order valence-corrected chi connectivity index (χ2v) is 14.4. The van der Waals surface area contributed by atoms with Crippen LogP contribution in [0.1, 0.15) is 41.5 Å². The molecular weight excluding hydrogens is 328 g/mol.